The molecule has 0 bridgehead atoms. The quantitative estimate of drug-likeness (QED) is 0.525. The predicted molar refractivity (Wildman–Crippen MR) is 73.1 cm³/mol. The fraction of sp³-hybridized carbons (Fsp3) is 0.333. The lowest BCUT2D eigenvalue weighted by atomic mass is 10.1. The van der Waals surface area contributed by atoms with E-state index in [2.05, 4.69) is 15.9 Å². The third kappa shape index (κ3) is 2.41. The molecule has 0 N–H and O–H groups in total. The van der Waals surface area contributed by atoms with Crippen molar-refractivity contribution in [1.29, 1.82) is 0 Å². The average molecular weight is 322 g/mol. The van der Waals surface area contributed by atoms with Gasteiger partial charge in [0.2, 0.25) is 0 Å². The van der Waals surface area contributed by atoms with Gasteiger partial charge >= 0.3 is 0 Å². The van der Waals surface area contributed by atoms with Crippen molar-refractivity contribution in [3.05, 3.63) is 33.4 Å². The molecule has 0 aliphatic heterocycles. The number of fused-ring (bicyclic) bond motifs is 1. The molecule has 0 nitrogen and oxygen atoms in total. The lowest BCUT2D eigenvalue weighted by Crippen LogP contribution is -1.87. The van der Waals surface area contributed by atoms with Gasteiger partial charge in [0, 0.05) is 15.7 Å². The Labute approximate surface area is 112 Å². The Morgan fingerprint density at radius 2 is 2.12 bits per heavy atom. The largest absolute Gasteiger partial charge is 0.206 e. The van der Waals surface area contributed by atoms with E-state index in [-0.39, 0.29) is 5.82 Å². The molecular weight excluding hydrogens is 311 g/mol. The molecule has 2 aromatic rings. The number of hydrogen-bond donors (Lipinski definition) is 0. The minimum atomic E-state index is -0.125. The summed E-state index contributed by atoms with van der Waals surface area (Å²) in [7, 11) is 0. The molecule has 0 unspecified atom stereocenters. The van der Waals surface area contributed by atoms with Crippen molar-refractivity contribution in [3.8, 4) is 0 Å². The van der Waals surface area contributed by atoms with Crippen LogP contribution in [0.3, 0.4) is 0 Å². The van der Waals surface area contributed by atoms with Crippen molar-refractivity contribution in [1.82, 2.24) is 0 Å². The van der Waals surface area contributed by atoms with Crippen LogP contribution in [-0.4, -0.2) is 5.88 Å². The van der Waals surface area contributed by atoms with Gasteiger partial charge in [0.1, 0.15) is 5.82 Å². The number of rotatable bonds is 4. The number of alkyl halides is 1. The van der Waals surface area contributed by atoms with Crippen molar-refractivity contribution in [2.75, 3.05) is 5.88 Å². The van der Waals surface area contributed by atoms with Crippen LogP contribution in [0.2, 0.25) is 0 Å². The van der Waals surface area contributed by atoms with Crippen LogP contribution >= 0.6 is 38.9 Å². The summed E-state index contributed by atoms with van der Waals surface area (Å²) < 4.78 is 15.7. The molecule has 2 rings (SSSR count). The fourth-order valence-corrected chi connectivity index (χ4v) is 3.55. The van der Waals surface area contributed by atoms with Gasteiger partial charge in [0.05, 0.1) is 4.70 Å². The van der Waals surface area contributed by atoms with Gasteiger partial charge in [-0.15, -0.1) is 22.9 Å². The summed E-state index contributed by atoms with van der Waals surface area (Å²) >= 11 is 10.7. The lowest BCUT2D eigenvalue weighted by Gasteiger charge is -2.00. The van der Waals surface area contributed by atoms with E-state index in [0.29, 0.717) is 5.88 Å². The van der Waals surface area contributed by atoms with Crippen molar-refractivity contribution < 1.29 is 4.39 Å². The highest BCUT2D eigenvalue weighted by Crippen LogP contribution is 2.34. The van der Waals surface area contributed by atoms with Crippen molar-refractivity contribution >= 4 is 49.0 Å². The molecule has 1 heterocycles. The van der Waals surface area contributed by atoms with E-state index in [9.17, 15) is 4.39 Å². The van der Waals surface area contributed by atoms with E-state index in [1.807, 2.05) is 5.38 Å². The number of thiophene rings is 1. The highest BCUT2D eigenvalue weighted by molar-refractivity contribution is 9.10. The molecule has 4 heteroatoms. The zero-order valence-corrected chi connectivity index (χ0v) is 11.8. The van der Waals surface area contributed by atoms with E-state index in [4.69, 9.17) is 11.6 Å². The normalized spacial score (nSPS) is 11.2. The lowest BCUT2D eigenvalue weighted by molar-refractivity contribution is 0.638. The van der Waals surface area contributed by atoms with E-state index >= 15 is 0 Å². The topological polar surface area (TPSA) is 0 Å². The Morgan fingerprint density at radius 3 is 2.88 bits per heavy atom. The average Bonchev–Trinajstić information content (AvgIpc) is 2.69. The molecule has 0 radical (unpaired) electrons. The van der Waals surface area contributed by atoms with Crippen LogP contribution in [-0.2, 0) is 6.42 Å². The Morgan fingerprint density at radius 1 is 1.31 bits per heavy atom. The molecule has 0 aliphatic carbocycles. The van der Waals surface area contributed by atoms with E-state index in [0.717, 1.165) is 39.4 Å². The Balaban J connectivity index is 2.36. The van der Waals surface area contributed by atoms with Gasteiger partial charge in [0.15, 0.2) is 0 Å². The summed E-state index contributed by atoms with van der Waals surface area (Å²) in [6.07, 6.45) is 2.90. The van der Waals surface area contributed by atoms with Gasteiger partial charge < -0.3 is 0 Å². The van der Waals surface area contributed by atoms with Gasteiger partial charge in [-0.05, 0) is 58.3 Å². The minimum absolute atomic E-state index is 0.125. The van der Waals surface area contributed by atoms with E-state index in [1.54, 1.807) is 17.4 Å². The van der Waals surface area contributed by atoms with Crippen molar-refractivity contribution in [3.63, 3.8) is 0 Å². The van der Waals surface area contributed by atoms with Gasteiger partial charge in [-0.1, -0.05) is 0 Å². The molecule has 86 valence electrons. The predicted octanol–water partition coefficient (Wildman–Crippen LogP) is 5.36. The molecule has 16 heavy (non-hydrogen) atoms. The van der Waals surface area contributed by atoms with Crippen LogP contribution in [0.25, 0.3) is 10.1 Å². The fourth-order valence-electron chi connectivity index (χ4n) is 1.73. The van der Waals surface area contributed by atoms with Crippen LogP contribution in [0, 0.1) is 5.82 Å². The maximum absolute atomic E-state index is 13.7. The van der Waals surface area contributed by atoms with Crippen LogP contribution in [0.15, 0.2) is 22.0 Å². The molecule has 0 amide bonds. The Kier molecular flexibility index (Phi) is 4.22. The third-order valence-electron chi connectivity index (χ3n) is 2.53. The van der Waals surface area contributed by atoms with Crippen LogP contribution in [0.5, 0.6) is 0 Å². The molecule has 0 aliphatic rings. The summed E-state index contributed by atoms with van der Waals surface area (Å²) in [5, 5.41) is 2.82. The maximum atomic E-state index is 13.7. The van der Waals surface area contributed by atoms with E-state index < -0.39 is 0 Å². The smallest absolute Gasteiger partial charge is 0.132 e. The van der Waals surface area contributed by atoms with Gasteiger partial charge in [0.25, 0.3) is 0 Å². The van der Waals surface area contributed by atoms with Crippen LogP contribution in [0.4, 0.5) is 4.39 Å². The first-order valence-corrected chi connectivity index (χ1v) is 7.35. The first kappa shape index (κ1) is 12.3. The monoisotopic (exact) mass is 320 g/mol. The number of hydrogen-bond acceptors (Lipinski definition) is 1. The Bertz CT molecular complexity index is 495. The number of halogens is 3. The van der Waals surface area contributed by atoms with Crippen LogP contribution in [0.1, 0.15) is 18.4 Å². The number of benzene rings is 1. The molecule has 0 spiro atoms. The summed E-state index contributed by atoms with van der Waals surface area (Å²) in [4.78, 5) is 0. The van der Waals surface area contributed by atoms with Crippen molar-refractivity contribution in [2.24, 2.45) is 0 Å². The SMILES string of the molecule is Fc1ccc(Br)c2scc(CCCCCl)c12. The van der Waals surface area contributed by atoms with Gasteiger partial charge in [-0.2, -0.15) is 0 Å². The molecule has 1 aromatic heterocycles. The number of unbranched alkanes of at least 4 members (excludes halogenated alkanes) is 1. The van der Waals surface area contributed by atoms with E-state index in [1.165, 1.54) is 6.07 Å². The standard InChI is InChI=1S/C12H11BrClFS/c13-9-4-5-10(15)11-8(3-1-2-6-14)7-16-12(9)11/h4-5,7H,1-3,6H2. The minimum Gasteiger partial charge on any atom is -0.206 e. The highest BCUT2D eigenvalue weighted by Gasteiger charge is 2.11. The highest BCUT2D eigenvalue weighted by atomic mass is 79.9. The van der Waals surface area contributed by atoms with Gasteiger partial charge in [-0.3, -0.25) is 0 Å². The zero-order valence-electron chi connectivity index (χ0n) is 8.60. The summed E-state index contributed by atoms with van der Waals surface area (Å²) in [5.41, 5.74) is 1.10. The second-order valence-corrected chi connectivity index (χ2v) is 5.75. The summed E-state index contributed by atoms with van der Waals surface area (Å²) in [5.74, 6) is 0.550. The van der Waals surface area contributed by atoms with Crippen molar-refractivity contribution in [2.45, 2.75) is 19.3 Å². The zero-order chi connectivity index (χ0) is 11.5. The first-order valence-electron chi connectivity index (χ1n) is 5.14. The number of aryl methyl sites for hydroxylation is 1. The van der Waals surface area contributed by atoms with Gasteiger partial charge in [-0.25, -0.2) is 4.39 Å². The summed E-state index contributed by atoms with van der Waals surface area (Å²) in [6.45, 7) is 0. The molecule has 1 aromatic carbocycles. The molecule has 0 fully saturated rings. The molecule has 0 saturated heterocycles. The molecule has 0 atom stereocenters. The second-order valence-electron chi connectivity index (χ2n) is 3.64. The van der Waals surface area contributed by atoms with Crippen LogP contribution < -0.4 is 0 Å². The Hall–Kier alpha value is -0.120. The maximum Gasteiger partial charge on any atom is 0.132 e. The first-order chi connectivity index (χ1) is 7.74. The summed E-state index contributed by atoms with van der Waals surface area (Å²) in [6, 6.07) is 3.28. The molecular formula is C12H11BrClFS. The third-order valence-corrected chi connectivity index (χ3v) is 4.78. The molecule has 0 saturated carbocycles. The second kappa shape index (κ2) is 5.48.